The summed E-state index contributed by atoms with van der Waals surface area (Å²) in [5.41, 5.74) is 2.73. The third-order valence-electron chi connectivity index (χ3n) is 1.17. The van der Waals surface area contributed by atoms with Gasteiger partial charge >= 0.3 is 12.1 Å². The maximum absolute atomic E-state index is 11.6. The van der Waals surface area contributed by atoms with Gasteiger partial charge in [0.05, 0.1) is 0 Å². The summed E-state index contributed by atoms with van der Waals surface area (Å²) in [6, 6.07) is 0. The van der Waals surface area contributed by atoms with Crippen LogP contribution >= 0.6 is 0 Å². The molecule has 0 saturated carbocycles. The summed E-state index contributed by atoms with van der Waals surface area (Å²) in [6.07, 6.45) is -5.12. The van der Waals surface area contributed by atoms with Gasteiger partial charge in [-0.2, -0.15) is 13.2 Å². The van der Waals surface area contributed by atoms with E-state index in [1.807, 2.05) is 0 Å². The van der Waals surface area contributed by atoms with Crippen LogP contribution in [0.1, 0.15) is 13.8 Å². The van der Waals surface area contributed by atoms with Crippen molar-refractivity contribution in [2.24, 2.45) is 5.73 Å². The molecule has 13 heavy (non-hydrogen) atoms. The van der Waals surface area contributed by atoms with Crippen molar-refractivity contribution >= 4 is 11.9 Å². The van der Waals surface area contributed by atoms with Crippen LogP contribution in [0.4, 0.5) is 13.2 Å². The fourth-order valence-corrected chi connectivity index (χ4v) is 0.340. The van der Waals surface area contributed by atoms with E-state index in [4.69, 9.17) is 0 Å². The summed E-state index contributed by atoms with van der Waals surface area (Å²) in [4.78, 5) is 20.7. The molecule has 0 aromatic rings. The average Bonchev–Trinajstić information content (AvgIpc) is 1.83. The zero-order valence-corrected chi connectivity index (χ0v) is 6.94. The number of carbonyl (C=O) groups excluding carboxylic acids is 2. The van der Waals surface area contributed by atoms with Gasteiger partial charge in [0.2, 0.25) is 0 Å². The molecular formula is C6H8F3NO3. The first-order valence-corrected chi connectivity index (χ1v) is 3.17. The molecule has 0 bridgehead atoms. The number of ether oxygens (including phenoxy) is 1. The quantitative estimate of drug-likeness (QED) is 0.652. The number of esters is 1. The van der Waals surface area contributed by atoms with Gasteiger partial charge in [-0.3, -0.25) is 4.79 Å². The lowest BCUT2D eigenvalue weighted by Gasteiger charge is -2.21. The van der Waals surface area contributed by atoms with E-state index in [2.05, 4.69) is 10.5 Å². The smallest absolute Gasteiger partial charge is 0.443 e. The third kappa shape index (κ3) is 3.30. The fourth-order valence-electron chi connectivity index (χ4n) is 0.340. The van der Waals surface area contributed by atoms with Crippen molar-refractivity contribution in [3.63, 3.8) is 0 Å². The maximum Gasteiger partial charge on any atom is 0.490 e. The molecule has 0 aliphatic carbocycles. The van der Waals surface area contributed by atoms with Crippen molar-refractivity contribution in [3.05, 3.63) is 0 Å². The Balaban J connectivity index is 4.47. The van der Waals surface area contributed by atoms with Crippen LogP contribution in [0, 0.1) is 0 Å². The van der Waals surface area contributed by atoms with Gasteiger partial charge in [-0.1, -0.05) is 0 Å². The van der Waals surface area contributed by atoms with E-state index in [9.17, 15) is 22.8 Å². The second kappa shape index (κ2) is 3.23. The molecular weight excluding hydrogens is 191 g/mol. The summed E-state index contributed by atoms with van der Waals surface area (Å²) in [6.45, 7) is 1.94. The summed E-state index contributed by atoms with van der Waals surface area (Å²) < 4.78 is 38.7. The lowest BCUT2D eigenvalue weighted by molar-refractivity contribution is -0.211. The van der Waals surface area contributed by atoms with Crippen LogP contribution in [0.5, 0.6) is 0 Å². The second-order valence-electron chi connectivity index (χ2n) is 2.76. The molecule has 0 aliphatic rings. The second-order valence-corrected chi connectivity index (χ2v) is 2.76. The number of alkyl halides is 3. The molecule has 1 amide bonds. The van der Waals surface area contributed by atoms with E-state index in [-0.39, 0.29) is 0 Å². The molecule has 2 N–H and O–H groups in total. The van der Waals surface area contributed by atoms with Gasteiger partial charge < -0.3 is 10.5 Å². The molecule has 4 nitrogen and oxygen atoms in total. The Morgan fingerprint density at radius 3 is 1.85 bits per heavy atom. The van der Waals surface area contributed by atoms with Gasteiger partial charge in [-0.15, -0.1) is 0 Å². The van der Waals surface area contributed by atoms with Crippen LogP contribution < -0.4 is 5.73 Å². The average molecular weight is 199 g/mol. The predicted molar refractivity (Wildman–Crippen MR) is 35.4 cm³/mol. The van der Waals surface area contributed by atoms with Crippen molar-refractivity contribution in [1.82, 2.24) is 0 Å². The van der Waals surface area contributed by atoms with Gasteiger partial charge in [0.25, 0.3) is 5.91 Å². The molecule has 0 aromatic carbocycles. The monoisotopic (exact) mass is 199 g/mol. The van der Waals surface area contributed by atoms with Crippen LogP contribution in [-0.2, 0) is 14.3 Å². The Kier molecular flexibility index (Phi) is 2.92. The standard InChI is InChI=1S/C6H8F3NO3/c1-5(2,3(10)11)13-4(12)6(7,8)9/h1-2H3,(H2,10,11). The number of hydrogen-bond acceptors (Lipinski definition) is 3. The predicted octanol–water partition coefficient (Wildman–Crippen LogP) is 0.356. The number of amides is 1. The van der Waals surface area contributed by atoms with Gasteiger partial charge in [-0.05, 0) is 13.8 Å². The highest BCUT2D eigenvalue weighted by Gasteiger charge is 2.45. The van der Waals surface area contributed by atoms with Crippen molar-refractivity contribution in [2.45, 2.75) is 25.6 Å². The Morgan fingerprint density at radius 1 is 1.23 bits per heavy atom. The van der Waals surface area contributed by atoms with Crippen LogP contribution in [0.25, 0.3) is 0 Å². The molecule has 0 saturated heterocycles. The molecule has 0 heterocycles. The SMILES string of the molecule is CC(C)(OC(=O)C(F)(F)F)C(N)=O. The largest absolute Gasteiger partial charge is 0.490 e. The Morgan fingerprint density at radius 2 is 1.62 bits per heavy atom. The fraction of sp³-hybridized carbons (Fsp3) is 0.667. The van der Waals surface area contributed by atoms with Crippen LogP contribution in [0.2, 0.25) is 0 Å². The molecule has 76 valence electrons. The minimum absolute atomic E-state index is 0.971. The van der Waals surface area contributed by atoms with Crippen molar-refractivity contribution in [3.8, 4) is 0 Å². The normalized spacial score (nSPS) is 12.4. The molecule has 0 rings (SSSR count). The molecule has 0 aliphatic heterocycles. The van der Waals surface area contributed by atoms with Gasteiger partial charge in [0.1, 0.15) is 0 Å². The number of hydrogen-bond donors (Lipinski definition) is 1. The highest BCUT2D eigenvalue weighted by molar-refractivity contribution is 5.86. The number of carbonyl (C=O) groups is 2. The summed E-state index contributed by atoms with van der Waals surface area (Å²) >= 11 is 0. The topological polar surface area (TPSA) is 69.4 Å². The van der Waals surface area contributed by atoms with Crippen LogP contribution in [0.15, 0.2) is 0 Å². The highest BCUT2D eigenvalue weighted by Crippen LogP contribution is 2.20. The van der Waals surface area contributed by atoms with Crippen molar-refractivity contribution in [1.29, 1.82) is 0 Å². The zero-order valence-electron chi connectivity index (χ0n) is 6.94. The van der Waals surface area contributed by atoms with E-state index >= 15 is 0 Å². The van der Waals surface area contributed by atoms with E-state index in [1.165, 1.54) is 0 Å². The number of nitrogens with two attached hydrogens (primary N) is 1. The summed E-state index contributed by atoms with van der Waals surface area (Å²) in [5.74, 6) is -3.58. The lowest BCUT2D eigenvalue weighted by Crippen LogP contribution is -2.45. The van der Waals surface area contributed by atoms with Gasteiger partial charge in [-0.25, -0.2) is 4.79 Å². The Labute approximate surface area is 71.8 Å². The third-order valence-corrected chi connectivity index (χ3v) is 1.17. The van der Waals surface area contributed by atoms with Crippen LogP contribution in [0.3, 0.4) is 0 Å². The number of primary amides is 1. The van der Waals surface area contributed by atoms with E-state index < -0.39 is 23.7 Å². The lowest BCUT2D eigenvalue weighted by atomic mass is 10.1. The van der Waals surface area contributed by atoms with Crippen LogP contribution in [-0.4, -0.2) is 23.7 Å². The van der Waals surface area contributed by atoms with Gasteiger partial charge in [0, 0.05) is 0 Å². The molecule has 0 unspecified atom stereocenters. The summed E-state index contributed by atoms with van der Waals surface area (Å²) in [5, 5.41) is 0. The molecule has 0 spiro atoms. The zero-order chi connectivity index (χ0) is 10.9. The number of halogens is 3. The van der Waals surface area contributed by atoms with E-state index in [0.717, 1.165) is 13.8 Å². The highest BCUT2D eigenvalue weighted by atomic mass is 19.4. The Bertz CT molecular complexity index is 234. The molecule has 0 aromatic heterocycles. The molecule has 0 fully saturated rings. The molecule has 7 heteroatoms. The van der Waals surface area contributed by atoms with Crippen molar-refractivity contribution in [2.75, 3.05) is 0 Å². The van der Waals surface area contributed by atoms with Gasteiger partial charge in [0.15, 0.2) is 5.60 Å². The van der Waals surface area contributed by atoms with E-state index in [1.54, 1.807) is 0 Å². The number of rotatable bonds is 2. The maximum atomic E-state index is 11.6. The first-order chi connectivity index (χ1) is 5.57. The first-order valence-electron chi connectivity index (χ1n) is 3.17. The molecule has 0 radical (unpaired) electrons. The minimum Gasteiger partial charge on any atom is -0.443 e. The summed E-state index contributed by atoms with van der Waals surface area (Å²) in [7, 11) is 0. The minimum atomic E-state index is -5.12. The Hall–Kier alpha value is -1.27. The van der Waals surface area contributed by atoms with Crippen molar-refractivity contribution < 1.29 is 27.5 Å². The van der Waals surface area contributed by atoms with E-state index in [0.29, 0.717) is 0 Å². The molecule has 0 atom stereocenters. The first kappa shape index (κ1) is 11.7.